The predicted octanol–water partition coefficient (Wildman–Crippen LogP) is 2.67. The van der Waals surface area contributed by atoms with Crippen LogP contribution in [-0.2, 0) is 14.8 Å². The van der Waals surface area contributed by atoms with Gasteiger partial charge in [0.15, 0.2) is 6.29 Å². The van der Waals surface area contributed by atoms with Gasteiger partial charge in [0.25, 0.3) is 0 Å². The van der Waals surface area contributed by atoms with Crippen molar-refractivity contribution in [3.8, 4) is 11.3 Å². The Morgan fingerprint density at radius 2 is 1.84 bits per heavy atom. The van der Waals surface area contributed by atoms with Gasteiger partial charge in [-0.3, -0.25) is 0 Å². The zero-order valence-electron chi connectivity index (χ0n) is 18.4. The number of halogens is 1. The van der Waals surface area contributed by atoms with Gasteiger partial charge in [-0.05, 0) is 30.2 Å². The number of nitrogens with zero attached hydrogens (tertiary/aromatic N) is 3. The molecular weight excluding hydrogens is 437 g/mol. The highest BCUT2D eigenvalue weighted by Crippen LogP contribution is 2.32. The maximum absolute atomic E-state index is 13.5. The van der Waals surface area contributed by atoms with Crippen LogP contribution in [0.3, 0.4) is 0 Å². The Labute approximate surface area is 187 Å². The van der Waals surface area contributed by atoms with E-state index in [9.17, 15) is 23.0 Å². The van der Waals surface area contributed by atoms with Crippen molar-refractivity contribution < 1.29 is 27.8 Å². The number of aliphatic hydroxyl groups excluding tert-OH is 2. The third-order valence-corrected chi connectivity index (χ3v) is 6.35. The first kappa shape index (κ1) is 24.2. The summed E-state index contributed by atoms with van der Waals surface area (Å²) in [6.07, 6.45) is 2.73. The third-order valence-electron chi connectivity index (χ3n) is 5.19. The van der Waals surface area contributed by atoms with Crippen molar-refractivity contribution in [1.82, 2.24) is 9.97 Å². The molecule has 1 aliphatic rings. The Morgan fingerprint density at radius 3 is 2.41 bits per heavy atom. The Balaban J connectivity index is 2.16. The highest BCUT2D eigenvalue weighted by atomic mass is 32.2. The molecule has 8 nitrogen and oxygen atoms in total. The van der Waals surface area contributed by atoms with E-state index in [0.717, 1.165) is 10.6 Å². The number of ether oxygens (including phenoxy) is 1. The number of hydrogen-bond donors (Lipinski definition) is 2. The topological polar surface area (TPSA) is 113 Å². The van der Waals surface area contributed by atoms with Crippen molar-refractivity contribution in [2.45, 2.75) is 51.1 Å². The maximum Gasteiger partial charge on any atom is 0.239 e. The summed E-state index contributed by atoms with van der Waals surface area (Å²) in [6, 6.07) is 5.73. The van der Waals surface area contributed by atoms with Crippen LogP contribution < -0.4 is 4.31 Å². The summed E-state index contributed by atoms with van der Waals surface area (Å²) < 4.78 is 44.2. The van der Waals surface area contributed by atoms with E-state index in [2.05, 4.69) is 9.97 Å². The molecule has 1 aromatic heterocycles. The quantitative estimate of drug-likeness (QED) is 0.674. The van der Waals surface area contributed by atoms with E-state index < -0.39 is 34.3 Å². The standard InChI is InChI=1S/C22H28FN3O5S/c1-13(2)20-18(10-9-17-11-16(27)12-19(28)31-17)21(14-5-7-15(23)8-6-14)25-22(24-20)26(3)32(4,29)30/h5-10,13,16-17,19,27-28H,11-12H2,1-4H3/b10-9+/t16-,17-,19?/m1/s1. The Kier molecular flexibility index (Phi) is 7.29. The first-order valence-corrected chi connectivity index (χ1v) is 12.1. The summed E-state index contributed by atoms with van der Waals surface area (Å²) in [4.78, 5) is 9.00. The molecule has 10 heteroatoms. The SMILES string of the molecule is CC(C)c1nc(N(C)S(C)(=O)=O)nc(-c2ccc(F)cc2)c1/C=C/[C@@H]1C[C@@H](O)CC(O)O1. The van der Waals surface area contributed by atoms with Crippen LogP contribution in [0, 0.1) is 5.82 Å². The van der Waals surface area contributed by atoms with Gasteiger partial charge >= 0.3 is 0 Å². The fraction of sp³-hybridized carbons (Fsp3) is 0.455. The molecule has 2 aromatic rings. The van der Waals surface area contributed by atoms with E-state index in [-0.39, 0.29) is 18.3 Å². The molecule has 2 heterocycles. The number of hydrogen-bond acceptors (Lipinski definition) is 7. The molecule has 1 aromatic carbocycles. The van der Waals surface area contributed by atoms with E-state index in [1.54, 1.807) is 24.3 Å². The fourth-order valence-corrected chi connectivity index (χ4v) is 3.81. The van der Waals surface area contributed by atoms with Gasteiger partial charge in [-0.15, -0.1) is 0 Å². The zero-order valence-corrected chi connectivity index (χ0v) is 19.3. The number of aliphatic hydroxyl groups is 2. The van der Waals surface area contributed by atoms with E-state index in [1.165, 1.54) is 19.2 Å². The number of aromatic nitrogens is 2. The summed E-state index contributed by atoms with van der Waals surface area (Å²) >= 11 is 0. The minimum Gasteiger partial charge on any atom is -0.393 e. The Hall–Kier alpha value is -2.40. The average Bonchev–Trinajstić information content (AvgIpc) is 2.70. The largest absolute Gasteiger partial charge is 0.393 e. The molecule has 0 saturated carbocycles. The number of benzene rings is 1. The predicted molar refractivity (Wildman–Crippen MR) is 120 cm³/mol. The van der Waals surface area contributed by atoms with Crippen LogP contribution in [-0.4, -0.2) is 60.4 Å². The smallest absolute Gasteiger partial charge is 0.239 e. The molecular formula is C22H28FN3O5S. The van der Waals surface area contributed by atoms with Crippen LogP contribution in [0.4, 0.5) is 10.3 Å². The molecule has 0 aliphatic carbocycles. The normalized spacial score (nSPS) is 21.9. The van der Waals surface area contributed by atoms with Gasteiger partial charge in [0.1, 0.15) is 5.82 Å². The van der Waals surface area contributed by atoms with Gasteiger partial charge in [-0.1, -0.05) is 26.0 Å². The van der Waals surface area contributed by atoms with E-state index in [1.807, 2.05) is 13.8 Å². The molecule has 0 radical (unpaired) electrons. The van der Waals surface area contributed by atoms with E-state index >= 15 is 0 Å². The highest BCUT2D eigenvalue weighted by molar-refractivity contribution is 7.92. The summed E-state index contributed by atoms with van der Waals surface area (Å²) in [5.74, 6) is -0.490. The molecule has 0 bridgehead atoms. The van der Waals surface area contributed by atoms with Crippen LogP contribution in [0.25, 0.3) is 17.3 Å². The van der Waals surface area contributed by atoms with Gasteiger partial charge in [0.05, 0.1) is 29.9 Å². The average molecular weight is 466 g/mol. The van der Waals surface area contributed by atoms with Gasteiger partial charge in [-0.25, -0.2) is 27.1 Å². The molecule has 3 rings (SSSR count). The molecule has 1 fully saturated rings. The Bertz CT molecular complexity index is 1080. The molecule has 174 valence electrons. The van der Waals surface area contributed by atoms with Gasteiger partial charge < -0.3 is 14.9 Å². The van der Waals surface area contributed by atoms with Gasteiger partial charge in [0.2, 0.25) is 16.0 Å². The lowest BCUT2D eigenvalue weighted by molar-refractivity contribution is -0.175. The van der Waals surface area contributed by atoms with Crippen LogP contribution in [0.15, 0.2) is 30.3 Å². The van der Waals surface area contributed by atoms with Crippen LogP contribution in [0.1, 0.15) is 43.9 Å². The summed E-state index contributed by atoms with van der Waals surface area (Å²) in [5, 5.41) is 19.7. The van der Waals surface area contributed by atoms with Gasteiger partial charge in [0, 0.05) is 31.0 Å². The molecule has 2 N–H and O–H groups in total. The Morgan fingerprint density at radius 1 is 1.19 bits per heavy atom. The molecule has 32 heavy (non-hydrogen) atoms. The number of rotatable bonds is 6. The second kappa shape index (κ2) is 9.62. The lowest BCUT2D eigenvalue weighted by atomic mass is 9.97. The summed E-state index contributed by atoms with van der Waals surface area (Å²) in [6.45, 7) is 3.84. The first-order valence-electron chi connectivity index (χ1n) is 10.3. The molecule has 0 spiro atoms. The van der Waals surface area contributed by atoms with Crippen molar-refractivity contribution in [3.05, 3.63) is 47.4 Å². The van der Waals surface area contributed by atoms with Crippen molar-refractivity contribution in [1.29, 1.82) is 0 Å². The molecule has 1 unspecified atom stereocenters. The lowest BCUT2D eigenvalue weighted by Gasteiger charge is -2.28. The second-order valence-corrected chi connectivity index (χ2v) is 10.2. The fourth-order valence-electron chi connectivity index (χ4n) is 3.43. The van der Waals surface area contributed by atoms with Crippen molar-refractivity contribution in [3.63, 3.8) is 0 Å². The molecule has 1 aliphatic heterocycles. The third kappa shape index (κ3) is 5.69. The molecule has 3 atom stereocenters. The molecule has 0 amide bonds. The van der Waals surface area contributed by atoms with Gasteiger partial charge in [-0.2, -0.15) is 0 Å². The summed E-state index contributed by atoms with van der Waals surface area (Å²) in [5.41, 5.74) is 2.24. The van der Waals surface area contributed by atoms with Crippen molar-refractivity contribution >= 4 is 22.0 Å². The van der Waals surface area contributed by atoms with E-state index in [0.29, 0.717) is 28.9 Å². The lowest BCUT2D eigenvalue weighted by Crippen LogP contribution is -2.34. The monoisotopic (exact) mass is 465 g/mol. The van der Waals surface area contributed by atoms with Crippen molar-refractivity contribution in [2.75, 3.05) is 17.6 Å². The van der Waals surface area contributed by atoms with Crippen LogP contribution >= 0.6 is 0 Å². The number of sulfonamides is 1. The minimum absolute atomic E-state index is 0.00689. The van der Waals surface area contributed by atoms with Crippen molar-refractivity contribution in [2.24, 2.45) is 0 Å². The summed E-state index contributed by atoms with van der Waals surface area (Å²) in [7, 11) is -2.23. The highest BCUT2D eigenvalue weighted by Gasteiger charge is 2.26. The number of anilines is 1. The van der Waals surface area contributed by atoms with E-state index in [4.69, 9.17) is 4.74 Å². The van der Waals surface area contributed by atoms with Crippen LogP contribution in [0.5, 0.6) is 0 Å². The second-order valence-electron chi connectivity index (χ2n) is 8.18. The first-order chi connectivity index (χ1) is 15.0. The van der Waals surface area contributed by atoms with Crippen LogP contribution in [0.2, 0.25) is 0 Å². The maximum atomic E-state index is 13.5. The minimum atomic E-state index is -3.60. The zero-order chi connectivity index (χ0) is 23.6. The molecule has 1 saturated heterocycles.